The van der Waals surface area contributed by atoms with Gasteiger partial charge >= 0.3 is 0 Å². The Morgan fingerprint density at radius 2 is 1.58 bits per heavy atom. The van der Waals surface area contributed by atoms with Crippen LogP contribution in [0.5, 0.6) is 5.75 Å². The number of nitriles is 1. The van der Waals surface area contributed by atoms with Gasteiger partial charge in [0.05, 0.1) is 7.14 Å². The molecule has 0 spiro atoms. The van der Waals surface area contributed by atoms with Crippen molar-refractivity contribution in [3.05, 3.63) is 114 Å². The van der Waals surface area contributed by atoms with Gasteiger partial charge in [-0.25, -0.2) is 0 Å². The van der Waals surface area contributed by atoms with Crippen LogP contribution in [0.1, 0.15) is 23.1 Å². The molecule has 0 fully saturated rings. The van der Waals surface area contributed by atoms with Crippen molar-refractivity contribution in [3.8, 4) is 11.8 Å². The number of amides is 1. The van der Waals surface area contributed by atoms with Crippen molar-refractivity contribution in [1.82, 2.24) is 5.32 Å². The van der Waals surface area contributed by atoms with Crippen molar-refractivity contribution in [2.75, 3.05) is 6.54 Å². The normalized spacial score (nSPS) is 11.2. The van der Waals surface area contributed by atoms with Gasteiger partial charge in [-0.2, -0.15) is 5.26 Å². The molecule has 0 aliphatic rings. The van der Waals surface area contributed by atoms with Crippen molar-refractivity contribution < 1.29 is 9.53 Å². The lowest BCUT2D eigenvalue weighted by molar-refractivity contribution is -0.117. The number of fused-ring (bicyclic) bond motifs is 1. The molecule has 0 aliphatic heterocycles. The predicted octanol–water partition coefficient (Wildman–Crippen LogP) is 7.28. The Balaban J connectivity index is 1.38. The topological polar surface area (TPSA) is 62.1 Å². The molecule has 0 saturated carbocycles. The molecular formula is C30H24I2N2O2. The Bertz CT molecular complexity index is 1420. The van der Waals surface area contributed by atoms with Crippen molar-refractivity contribution in [1.29, 1.82) is 5.26 Å². The van der Waals surface area contributed by atoms with E-state index in [1.165, 1.54) is 16.3 Å². The van der Waals surface area contributed by atoms with Crippen molar-refractivity contribution in [2.24, 2.45) is 0 Å². The van der Waals surface area contributed by atoms with Crippen LogP contribution in [-0.4, -0.2) is 12.5 Å². The first-order valence-electron chi connectivity index (χ1n) is 11.6. The number of hydrogen-bond acceptors (Lipinski definition) is 3. The van der Waals surface area contributed by atoms with Gasteiger partial charge in [-0.15, -0.1) is 0 Å². The smallest absolute Gasteiger partial charge is 0.261 e. The maximum absolute atomic E-state index is 12.5. The second-order valence-corrected chi connectivity index (χ2v) is 10.6. The van der Waals surface area contributed by atoms with Crippen LogP contribution in [0.25, 0.3) is 16.8 Å². The first-order valence-corrected chi connectivity index (χ1v) is 13.7. The maximum Gasteiger partial charge on any atom is 0.261 e. The quantitative estimate of drug-likeness (QED) is 0.0866. The Kier molecular flexibility index (Phi) is 9.36. The summed E-state index contributed by atoms with van der Waals surface area (Å²) in [6, 6.07) is 30.6. The van der Waals surface area contributed by atoms with E-state index in [1.807, 2.05) is 48.5 Å². The molecule has 6 heteroatoms. The van der Waals surface area contributed by atoms with Crippen molar-refractivity contribution in [3.63, 3.8) is 0 Å². The van der Waals surface area contributed by atoms with Gasteiger partial charge in [0.2, 0.25) is 0 Å². The summed E-state index contributed by atoms with van der Waals surface area (Å²) in [5.74, 6) is 0.442. The summed E-state index contributed by atoms with van der Waals surface area (Å²) in [7, 11) is 0. The van der Waals surface area contributed by atoms with Crippen LogP contribution in [-0.2, 0) is 17.8 Å². The summed E-state index contributed by atoms with van der Waals surface area (Å²) in [6.07, 6.45) is 3.32. The molecule has 4 aromatic carbocycles. The lowest BCUT2D eigenvalue weighted by Gasteiger charge is -2.12. The Morgan fingerprint density at radius 1 is 0.889 bits per heavy atom. The van der Waals surface area contributed by atoms with Crippen molar-refractivity contribution >= 4 is 67.9 Å². The Hall–Kier alpha value is -2.90. The molecule has 0 aliphatic carbocycles. The Labute approximate surface area is 238 Å². The van der Waals surface area contributed by atoms with Gasteiger partial charge in [0.1, 0.15) is 24.0 Å². The minimum Gasteiger partial charge on any atom is -0.487 e. The minimum absolute atomic E-state index is 0.0890. The summed E-state index contributed by atoms with van der Waals surface area (Å²) in [4.78, 5) is 12.5. The number of ether oxygens (including phenoxy) is 1. The van der Waals surface area contributed by atoms with Crippen LogP contribution >= 0.6 is 45.2 Å². The van der Waals surface area contributed by atoms with Crippen LogP contribution in [0.4, 0.5) is 0 Å². The molecule has 0 bridgehead atoms. The van der Waals surface area contributed by atoms with Gasteiger partial charge < -0.3 is 10.1 Å². The van der Waals surface area contributed by atoms with E-state index in [9.17, 15) is 10.1 Å². The average molecular weight is 698 g/mol. The number of benzene rings is 4. The first-order chi connectivity index (χ1) is 17.5. The second-order valence-electron chi connectivity index (χ2n) is 8.30. The van der Waals surface area contributed by atoms with E-state index in [2.05, 4.69) is 93.0 Å². The largest absolute Gasteiger partial charge is 0.487 e. The number of carbonyl (C=O) groups is 1. The van der Waals surface area contributed by atoms with Crippen LogP contribution in [0.3, 0.4) is 0 Å². The summed E-state index contributed by atoms with van der Waals surface area (Å²) in [6.45, 7) is 0.976. The average Bonchev–Trinajstić information content (AvgIpc) is 2.89. The summed E-state index contributed by atoms with van der Waals surface area (Å²) < 4.78 is 8.00. The highest BCUT2D eigenvalue weighted by atomic mass is 127. The molecule has 36 heavy (non-hydrogen) atoms. The van der Waals surface area contributed by atoms with E-state index in [4.69, 9.17) is 4.74 Å². The van der Waals surface area contributed by atoms with E-state index >= 15 is 0 Å². The number of nitrogens with one attached hydrogen (secondary N) is 1. The molecule has 0 heterocycles. The highest BCUT2D eigenvalue weighted by Crippen LogP contribution is 2.31. The third-order valence-electron chi connectivity index (χ3n) is 5.66. The van der Waals surface area contributed by atoms with Gasteiger partial charge in [0, 0.05) is 6.54 Å². The summed E-state index contributed by atoms with van der Waals surface area (Å²) >= 11 is 4.47. The molecule has 0 saturated heterocycles. The van der Waals surface area contributed by atoms with Crippen LogP contribution < -0.4 is 10.1 Å². The first kappa shape index (κ1) is 26.2. The monoisotopic (exact) mass is 698 g/mol. The molecule has 4 nitrogen and oxygen atoms in total. The SMILES string of the molecule is N#C/C(=C/c1cc(I)c(OCc2ccc3ccccc3c2)c(I)c1)C(=O)NCCCc1ccccc1. The zero-order valence-corrected chi connectivity index (χ0v) is 23.8. The van der Waals surface area contributed by atoms with E-state index < -0.39 is 0 Å². The highest BCUT2D eigenvalue weighted by Gasteiger charge is 2.12. The summed E-state index contributed by atoms with van der Waals surface area (Å²) in [5, 5.41) is 14.8. The fourth-order valence-electron chi connectivity index (χ4n) is 3.83. The molecule has 0 radical (unpaired) electrons. The van der Waals surface area contributed by atoms with Crippen LogP contribution in [0, 0.1) is 18.5 Å². The zero-order chi connectivity index (χ0) is 25.3. The molecule has 4 rings (SSSR count). The molecule has 0 aromatic heterocycles. The molecular weight excluding hydrogens is 674 g/mol. The van der Waals surface area contributed by atoms with E-state index in [0.717, 1.165) is 36.9 Å². The highest BCUT2D eigenvalue weighted by molar-refractivity contribution is 14.1. The van der Waals surface area contributed by atoms with E-state index in [0.29, 0.717) is 13.2 Å². The van der Waals surface area contributed by atoms with E-state index in [1.54, 1.807) is 6.08 Å². The van der Waals surface area contributed by atoms with E-state index in [-0.39, 0.29) is 11.5 Å². The van der Waals surface area contributed by atoms with Gasteiger partial charge in [0.15, 0.2) is 0 Å². The predicted molar refractivity (Wildman–Crippen MR) is 162 cm³/mol. The van der Waals surface area contributed by atoms with Gasteiger partial charge in [-0.1, -0.05) is 66.7 Å². The Morgan fingerprint density at radius 3 is 2.31 bits per heavy atom. The zero-order valence-electron chi connectivity index (χ0n) is 19.5. The number of hydrogen-bond donors (Lipinski definition) is 1. The van der Waals surface area contributed by atoms with Gasteiger partial charge in [0.25, 0.3) is 5.91 Å². The molecule has 0 atom stereocenters. The molecule has 1 amide bonds. The van der Waals surface area contributed by atoms with Gasteiger partial charge in [-0.05, 0) is 110 Å². The molecule has 0 unspecified atom stereocenters. The number of halogens is 2. The third kappa shape index (κ3) is 7.08. The summed E-state index contributed by atoms with van der Waals surface area (Å²) in [5.41, 5.74) is 3.21. The number of rotatable bonds is 9. The number of carbonyl (C=O) groups excluding carboxylic acids is 1. The lowest BCUT2D eigenvalue weighted by atomic mass is 10.1. The standard InChI is InChI=1S/C30H24I2N2O2/c31-27-17-23(16-26(19-33)30(35)34-14-6-9-21-7-2-1-3-8-21)18-28(32)29(27)36-20-22-12-13-24-10-4-5-11-25(24)15-22/h1-5,7-8,10-13,15-18H,6,9,14,20H2,(H,34,35)/b26-16-. The fourth-order valence-corrected chi connectivity index (χ4v) is 5.96. The number of aryl methyl sites for hydroxylation is 1. The lowest BCUT2D eigenvalue weighted by Crippen LogP contribution is -2.25. The minimum atomic E-state index is -0.354. The van der Waals surface area contributed by atoms with Crippen LogP contribution in [0.15, 0.2) is 90.5 Å². The fraction of sp³-hybridized carbons (Fsp3) is 0.133. The second kappa shape index (κ2) is 12.9. The number of nitrogens with zero attached hydrogens (tertiary/aromatic N) is 1. The molecule has 180 valence electrons. The van der Waals surface area contributed by atoms with Crippen LogP contribution in [0.2, 0.25) is 0 Å². The maximum atomic E-state index is 12.5. The molecule has 4 aromatic rings. The van der Waals surface area contributed by atoms with Crippen molar-refractivity contribution in [2.45, 2.75) is 19.4 Å². The molecule has 1 N–H and O–H groups in total. The third-order valence-corrected chi connectivity index (χ3v) is 7.27. The van der Waals surface area contributed by atoms with Gasteiger partial charge in [-0.3, -0.25) is 4.79 Å².